The summed E-state index contributed by atoms with van der Waals surface area (Å²) < 4.78 is 11.2. The first-order valence-electron chi connectivity index (χ1n) is 5.92. The average molecular weight is 238 g/mol. The first kappa shape index (κ1) is 10.9. The maximum atomic E-state index is 5.93. The molecule has 0 radical (unpaired) electrons. The summed E-state index contributed by atoms with van der Waals surface area (Å²) >= 11 is 0. The molecule has 1 aromatic heterocycles. The number of methoxy groups -OCH3 is 1. The minimum atomic E-state index is 0.853. The standard InChI is InChI=1S/C16H14O2/c1-11-14-10-13(17-2)8-9-15(14)18-16(11)12-6-4-3-5-7-12/h3-10H,1-2H3. The molecular weight excluding hydrogens is 224 g/mol. The van der Waals surface area contributed by atoms with Gasteiger partial charge in [0, 0.05) is 16.5 Å². The first-order valence-corrected chi connectivity index (χ1v) is 5.92. The van der Waals surface area contributed by atoms with Crippen molar-refractivity contribution in [1.82, 2.24) is 0 Å². The lowest BCUT2D eigenvalue weighted by atomic mass is 10.1. The lowest BCUT2D eigenvalue weighted by Gasteiger charge is -1.98. The van der Waals surface area contributed by atoms with Crippen molar-refractivity contribution in [3.63, 3.8) is 0 Å². The van der Waals surface area contributed by atoms with Crippen molar-refractivity contribution in [2.75, 3.05) is 7.11 Å². The van der Waals surface area contributed by atoms with Crippen molar-refractivity contribution in [3.05, 3.63) is 54.1 Å². The number of fused-ring (bicyclic) bond motifs is 1. The van der Waals surface area contributed by atoms with Gasteiger partial charge in [0.2, 0.25) is 0 Å². The maximum Gasteiger partial charge on any atom is 0.138 e. The molecule has 2 aromatic carbocycles. The SMILES string of the molecule is COc1ccc2oc(-c3ccccc3)c(C)c2c1. The molecule has 0 aliphatic heterocycles. The fourth-order valence-electron chi connectivity index (χ4n) is 2.19. The smallest absolute Gasteiger partial charge is 0.138 e. The van der Waals surface area contributed by atoms with Gasteiger partial charge in [0.1, 0.15) is 17.1 Å². The largest absolute Gasteiger partial charge is 0.497 e. The lowest BCUT2D eigenvalue weighted by Crippen LogP contribution is -1.81. The topological polar surface area (TPSA) is 22.4 Å². The molecule has 0 saturated heterocycles. The highest BCUT2D eigenvalue weighted by Gasteiger charge is 2.12. The number of furan rings is 1. The van der Waals surface area contributed by atoms with Crippen LogP contribution in [-0.4, -0.2) is 7.11 Å². The van der Waals surface area contributed by atoms with Crippen LogP contribution in [0.25, 0.3) is 22.3 Å². The van der Waals surface area contributed by atoms with Crippen molar-refractivity contribution in [1.29, 1.82) is 0 Å². The van der Waals surface area contributed by atoms with Gasteiger partial charge in [0.05, 0.1) is 7.11 Å². The van der Waals surface area contributed by atoms with Gasteiger partial charge in [-0.2, -0.15) is 0 Å². The molecule has 3 rings (SSSR count). The molecule has 0 saturated carbocycles. The molecule has 0 unspecified atom stereocenters. The number of hydrogen-bond acceptors (Lipinski definition) is 2. The highest BCUT2D eigenvalue weighted by atomic mass is 16.5. The molecular formula is C16H14O2. The van der Waals surface area contributed by atoms with Gasteiger partial charge >= 0.3 is 0 Å². The molecule has 3 aromatic rings. The van der Waals surface area contributed by atoms with Crippen LogP contribution in [0.15, 0.2) is 52.9 Å². The van der Waals surface area contributed by atoms with Gasteiger partial charge in [-0.1, -0.05) is 30.3 Å². The molecule has 2 heteroatoms. The number of aryl methyl sites for hydroxylation is 1. The van der Waals surface area contributed by atoms with Gasteiger partial charge in [0.25, 0.3) is 0 Å². The van der Waals surface area contributed by atoms with Gasteiger partial charge in [-0.15, -0.1) is 0 Å². The molecule has 18 heavy (non-hydrogen) atoms. The number of benzene rings is 2. The third kappa shape index (κ3) is 1.66. The Kier molecular flexibility index (Phi) is 2.56. The van der Waals surface area contributed by atoms with Crippen LogP contribution < -0.4 is 4.74 Å². The Morgan fingerprint density at radius 1 is 1.00 bits per heavy atom. The zero-order valence-corrected chi connectivity index (χ0v) is 10.4. The number of rotatable bonds is 2. The Hall–Kier alpha value is -2.22. The summed E-state index contributed by atoms with van der Waals surface area (Å²) in [6.07, 6.45) is 0. The van der Waals surface area contributed by atoms with Crippen molar-refractivity contribution in [2.45, 2.75) is 6.92 Å². The highest BCUT2D eigenvalue weighted by Crippen LogP contribution is 2.34. The second kappa shape index (κ2) is 4.22. The molecule has 0 atom stereocenters. The molecule has 0 aliphatic rings. The average Bonchev–Trinajstić information content (AvgIpc) is 2.77. The van der Waals surface area contributed by atoms with Crippen LogP contribution in [0.2, 0.25) is 0 Å². The summed E-state index contributed by atoms with van der Waals surface area (Å²) in [4.78, 5) is 0. The third-order valence-electron chi connectivity index (χ3n) is 3.18. The van der Waals surface area contributed by atoms with E-state index in [1.807, 2.05) is 36.4 Å². The van der Waals surface area contributed by atoms with E-state index >= 15 is 0 Å². The molecule has 1 heterocycles. The van der Waals surface area contributed by atoms with Crippen molar-refractivity contribution in [3.8, 4) is 17.1 Å². The Morgan fingerprint density at radius 2 is 1.78 bits per heavy atom. The molecule has 0 N–H and O–H groups in total. The Morgan fingerprint density at radius 3 is 2.50 bits per heavy atom. The van der Waals surface area contributed by atoms with Crippen LogP contribution in [0.1, 0.15) is 5.56 Å². The molecule has 0 amide bonds. The van der Waals surface area contributed by atoms with E-state index in [0.29, 0.717) is 0 Å². The number of hydrogen-bond donors (Lipinski definition) is 0. The minimum absolute atomic E-state index is 0.853. The van der Waals surface area contributed by atoms with E-state index in [4.69, 9.17) is 9.15 Å². The van der Waals surface area contributed by atoms with Crippen LogP contribution in [0.3, 0.4) is 0 Å². The van der Waals surface area contributed by atoms with Crippen LogP contribution in [-0.2, 0) is 0 Å². The fraction of sp³-hybridized carbons (Fsp3) is 0.125. The Bertz CT molecular complexity index is 681. The molecule has 2 nitrogen and oxygen atoms in total. The summed E-state index contributed by atoms with van der Waals surface area (Å²) in [5, 5.41) is 1.10. The summed E-state index contributed by atoms with van der Waals surface area (Å²) in [6.45, 7) is 2.08. The zero-order valence-electron chi connectivity index (χ0n) is 10.4. The summed E-state index contributed by atoms with van der Waals surface area (Å²) in [5.41, 5.74) is 3.15. The lowest BCUT2D eigenvalue weighted by molar-refractivity contribution is 0.415. The van der Waals surface area contributed by atoms with Crippen LogP contribution >= 0.6 is 0 Å². The van der Waals surface area contributed by atoms with Crippen LogP contribution in [0, 0.1) is 6.92 Å². The van der Waals surface area contributed by atoms with E-state index in [1.54, 1.807) is 7.11 Å². The summed E-state index contributed by atoms with van der Waals surface area (Å²) in [7, 11) is 1.68. The van der Waals surface area contributed by atoms with Gasteiger partial charge in [-0.3, -0.25) is 0 Å². The van der Waals surface area contributed by atoms with E-state index in [9.17, 15) is 0 Å². The molecule has 0 fully saturated rings. The van der Waals surface area contributed by atoms with E-state index in [2.05, 4.69) is 19.1 Å². The number of ether oxygens (including phenoxy) is 1. The minimum Gasteiger partial charge on any atom is -0.497 e. The summed E-state index contributed by atoms with van der Waals surface area (Å²) in [5.74, 6) is 1.78. The van der Waals surface area contributed by atoms with Gasteiger partial charge < -0.3 is 9.15 Å². The highest BCUT2D eigenvalue weighted by molar-refractivity contribution is 5.88. The molecule has 0 bridgehead atoms. The van der Waals surface area contributed by atoms with E-state index in [0.717, 1.165) is 33.6 Å². The van der Waals surface area contributed by atoms with E-state index in [1.165, 1.54) is 0 Å². The fourth-order valence-corrected chi connectivity index (χ4v) is 2.19. The predicted molar refractivity (Wildman–Crippen MR) is 72.9 cm³/mol. The zero-order chi connectivity index (χ0) is 12.5. The van der Waals surface area contributed by atoms with E-state index in [-0.39, 0.29) is 0 Å². The monoisotopic (exact) mass is 238 g/mol. The van der Waals surface area contributed by atoms with Crippen molar-refractivity contribution < 1.29 is 9.15 Å². The Balaban J connectivity index is 2.23. The summed E-state index contributed by atoms with van der Waals surface area (Å²) in [6, 6.07) is 16.0. The maximum absolute atomic E-state index is 5.93. The second-order valence-electron chi connectivity index (χ2n) is 4.28. The van der Waals surface area contributed by atoms with Crippen LogP contribution in [0.4, 0.5) is 0 Å². The second-order valence-corrected chi connectivity index (χ2v) is 4.28. The van der Waals surface area contributed by atoms with Crippen molar-refractivity contribution in [2.24, 2.45) is 0 Å². The normalized spacial score (nSPS) is 10.8. The van der Waals surface area contributed by atoms with Gasteiger partial charge in [-0.05, 0) is 25.1 Å². The Labute approximate surface area is 106 Å². The van der Waals surface area contributed by atoms with Crippen LogP contribution in [0.5, 0.6) is 5.75 Å². The van der Waals surface area contributed by atoms with Gasteiger partial charge in [-0.25, -0.2) is 0 Å². The quantitative estimate of drug-likeness (QED) is 0.659. The molecule has 0 spiro atoms. The van der Waals surface area contributed by atoms with Crippen molar-refractivity contribution >= 4 is 11.0 Å². The van der Waals surface area contributed by atoms with Gasteiger partial charge in [0.15, 0.2) is 0 Å². The van der Waals surface area contributed by atoms with E-state index < -0.39 is 0 Å². The third-order valence-corrected chi connectivity index (χ3v) is 3.18. The predicted octanol–water partition coefficient (Wildman–Crippen LogP) is 4.42. The molecule has 90 valence electrons. The molecule has 0 aliphatic carbocycles. The first-order chi connectivity index (χ1) is 8.79.